The molecule has 0 aliphatic carbocycles. The van der Waals surface area contributed by atoms with Crippen molar-refractivity contribution in [3.05, 3.63) is 48.0 Å². The maximum atomic E-state index is 12.1. The summed E-state index contributed by atoms with van der Waals surface area (Å²) in [6.07, 6.45) is -0.689. The minimum absolute atomic E-state index is 0.188. The van der Waals surface area contributed by atoms with E-state index in [1.807, 2.05) is 6.07 Å². The number of hydrogen-bond acceptors (Lipinski definition) is 5. The Balaban J connectivity index is 1.62. The standard InChI is InChI=1S/C17H14N2O4/c1-11(17(20)19-13-4-2-12(9-18)3-5-13)23-14-6-7-15-16(8-14)22-10-21-15/h2-8,11H,10H2,1H3,(H,19,20)/t11-/m1/s1. The third-order valence-electron chi connectivity index (χ3n) is 3.31. The second kappa shape index (κ2) is 6.28. The molecule has 116 valence electrons. The van der Waals surface area contributed by atoms with Gasteiger partial charge in [0.2, 0.25) is 6.79 Å². The van der Waals surface area contributed by atoms with E-state index < -0.39 is 6.10 Å². The van der Waals surface area contributed by atoms with Crippen LogP contribution in [0.1, 0.15) is 12.5 Å². The summed E-state index contributed by atoms with van der Waals surface area (Å²) < 4.78 is 16.1. The summed E-state index contributed by atoms with van der Waals surface area (Å²) >= 11 is 0. The first-order valence-electron chi connectivity index (χ1n) is 7.03. The molecule has 6 nitrogen and oxygen atoms in total. The summed E-state index contributed by atoms with van der Waals surface area (Å²) in [5.41, 5.74) is 1.14. The van der Waals surface area contributed by atoms with Gasteiger partial charge in [-0.15, -0.1) is 0 Å². The molecule has 0 bridgehead atoms. The summed E-state index contributed by atoms with van der Waals surface area (Å²) in [4.78, 5) is 12.1. The van der Waals surface area contributed by atoms with Gasteiger partial charge in [-0.2, -0.15) is 5.26 Å². The largest absolute Gasteiger partial charge is 0.481 e. The number of nitrogens with one attached hydrogen (secondary N) is 1. The van der Waals surface area contributed by atoms with Gasteiger partial charge < -0.3 is 19.5 Å². The van der Waals surface area contributed by atoms with Crippen molar-refractivity contribution in [2.24, 2.45) is 0 Å². The number of nitrogens with zero attached hydrogens (tertiary/aromatic N) is 1. The predicted molar refractivity (Wildman–Crippen MR) is 82.4 cm³/mol. The molecule has 1 amide bonds. The molecule has 3 rings (SSSR count). The lowest BCUT2D eigenvalue weighted by Gasteiger charge is -2.15. The molecule has 0 spiro atoms. The number of ether oxygens (including phenoxy) is 3. The minimum atomic E-state index is -0.689. The smallest absolute Gasteiger partial charge is 0.265 e. The highest BCUT2D eigenvalue weighted by Gasteiger charge is 2.18. The molecule has 1 N–H and O–H groups in total. The second-order valence-electron chi connectivity index (χ2n) is 4.95. The normalized spacial score (nSPS) is 13.0. The summed E-state index contributed by atoms with van der Waals surface area (Å²) in [5.74, 6) is 1.50. The summed E-state index contributed by atoms with van der Waals surface area (Å²) in [7, 11) is 0. The Morgan fingerprint density at radius 2 is 1.96 bits per heavy atom. The van der Waals surface area contributed by atoms with Crippen LogP contribution in [0, 0.1) is 11.3 Å². The molecule has 0 fully saturated rings. The number of benzene rings is 2. The predicted octanol–water partition coefficient (Wildman–Crippen LogP) is 2.69. The second-order valence-corrected chi connectivity index (χ2v) is 4.95. The van der Waals surface area contributed by atoms with Gasteiger partial charge in [-0.3, -0.25) is 4.79 Å². The van der Waals surface area contributed by atoms with Gasteiger partial charge in [0.25, 0.3) is 5.91 Å². The van der Waals surface area contributed by atoms with Gasteiger partial charge in [-0.05, 0) is 43.3 Å². The molecule has 2 aromatic rings. The SMILES string of the molecule is C[C@@H](Oc1ccc2c(c1)OCO2)C(=O)Nc1ccc(C#N)cc1. The van der Waals surface area contributed by atoms with Crippen molar-refractivity contribution in [2.45, 2.75) is 13.0 Å². The quantitative estimate of drug-likeness (QED) is 0.939. The van der Waals surface area contributed by atoms with Crippen LogP contribution >= 0.6 is 0 Å². The molecule has 0 aromatic heterocycles. The average molecular weight is 310 g/mol. The molecule has 2 aromatic carbocycles. The monoisotopic (exact) mass is 310 g/mol. The number of nitriles is 1. The molecule has 1 aliphatic rings. The van der Waals surface area contributed by atoms with Crippen molar-refractivity contribution in [1.29, 1.82) is 5.26 Å². The fourth-order valence-electron chi connectivity index (χ4n) is 2.08. The van der Waals surface area contributed by atoms with E-state index in [9.17, 15) is 4.79 Å². The molecule has 0 saturated heterocycles. The zero-order valence-corrected chi connectivity index (χ0v) is 12.4. The van der Waals surface area contributed by atoms with E-state index in [4.69, 9.17) is 19.5 Å². The Hall–Kier alpha value is -3.20. The van der Waals surface area contributed by atoms with Crippen molar-refractivity contribution in [3.63, 3.8) is 0 Å². The molecule has 23 heavy (non-hydrogen) atoms. The van der Waals surface area contributed by atoms with E-state index in [0.29, 0.717) is 28.5 Å². The molecule has 1 heterocycles. The maximum Gasteiger partial charge on any atom is 0.265 e. The maximum absolute atomic E-state index is 12.1. The lowest BCUT2D eigenvalue weighted by atomic mass is 10.2. The Kier molecular flexibility index (Phi) is 4.02. The van der Waals surface area contributed by atoms with Crippen molar-refractivity contribution < 1.29 is 19.0 Å². The summed E-state index contributed by atoms with van der Waals surface area (Å²) in [6.45, 7) is 1.84. The van der Waals surface area contributed by atoms with Crippen molar-refractivity contribution in [2.75, 3.05) is 12.1 Å². The third kappa shape index (κ3) is 3.35. The first kappa shape index (κ1) is 14.7. The van der Waals surface area contributed by atoms with E-state index in [1.54, 1.807) is 49.4 Å². The van der Waals surface area contributed by atoms with Gasteiger partial charge in [0.15, 0.2) is 17.6 Å². The zero-order valence-electron chi connectivity index (χ0n) is 12.4. The first-order valence-corrected chi connectivity index (χ1v) is 7.03. The Morgan fingerprint density at radius 1 is 1.22 bits per heavy atom. The molecule has 0 unspecified atom stereocenters. The van der Waals surface area contributed by atoms with Crippen LogP contribution in [0.3, 0.4) is 0 Å². The van der Waals surface area contributed by atoms with E-state index in [-0.39, 0.29) is 12.7 Å². The van der Waals surface area contributed by atoms with E-state index in [1.165, 1.54) is 0 Å². The zero-order chi connectivity index (χ0) is 16.2. The molecule has 0 saturated carbocycles. The Morgan fingerprint density at radius 3 is 2.70 bits per heavy atom. The fraction of sp³-hybridized carbons (Fsp3) is 0.176. The highest BCUT2D eigenvalue weighted by Crippen LogP contribution is 2.35. The van der Waals surface area contributed by atoms with Crippen LogP contribution in [0.4, 0.5) is 5.69 Å². The number of amides is 1. The molecule has 1 aliphatic heterocycles. The van der Waals surface area contributed by atoms with Gasteiger partial charge >= 0.3 is 0 Å². The van der Waals surface area contributed by atoms with Crippen LogP contribution in [0.2, 0.25) is 0 Å². The number of rotatable bonds is 4. The molecule has 1 atom stereocenters. The topological polar surface area (TPSA) is 80.6 Å². The highest BCUT2D eigenvalue weighted by atomic mass is 16.7. The fourth-order valence-corrected chi connectivity index (χ4v) is 2.08. The average Bonchev–Trinajstić information content (AvgIpc) is 3.03. The summed E-state index contributed by atoms with van der Waals surface area (Å²) in [5, 5.41) is 11.5. The molecule has 0 radical (unpaired) electrons. The number of hydrogen-bond donors (Lipinski definition) is 1. The highest BCUT2D eigenvalue weighted by molar-refractivity contribution is 5.94. The van der Waals surface area contributed by atoms with Gasteiger partial charge in [-0.25, -0.2) is 0 Å². The number of anilines is 1. The van der Waals surface area contributed by atoms with Crippen molar-refractivity contribution >= 4 is 11.6 Å². The van der Waals surface area contributed by atoms with Crippen LogP contribution in [-0.2, 0) is 4.79 Å². The number of fused-ring (bicyclic) bond motifs is 1. The minimum Gasteiger partial charge on any atom is -0.481 e. The van der Waals surface area contributed by atoms with Crippen LogP contribution in [0.15, 0.2) is 42.5 Å². The lowest BCUT2D eigenvalue weighted by Crippen LogP contribution is -2.30. The lowest BCUT2D eigenvalue weighted by molar-refractivity contribution is -0.122. The van der Waals surface area contributed by atoms with E-state index in [0.717, 1.165) is 0 Å². The molecular weight excluding hydrogens is 296 g/mol. The van der Waals surface area contributed by atoms with Gasteiger partial charge in [0.1, 0.15) is 5.75 Å². The molecule has 6 heteroatoms. The number of carbonyl (C=O) groups excluding carboxylic acids is 1. The molecular formula is C17H14N2O4. The van der Waals surface area contributed by atoms with Gasteiger partial charge in [-0.1, -0.05) is 0 Å². The van der Waals surface area contributed by atoms with E-state index in [2.05, 4.69) is 5.32 Å². The van der Waals surface area contributed by atoms with Gasteiger partial charge in [0, 0.05) is 11.8 Å². The Bertz CT molecular complexity index is 765. The third-order valence-corrected chi connectivity index (χ3v) is 3.31. The Labute approximate surface area is 133 Å². The first-order chi connectivity index (χ1) is 11.2. The van der Waals surface area contributed by atoms with Crippen LogP contribution < -0.4 is 19.5 Å². The van der Waals surface area contributed by atoms with Crippen molar-refractivity contribution in [3.8, 4) is 23.3 Å². The van der Waals surface area contributed by atoms with Crippen molar-refractivity contribution in [1.82, 2.24) is 0 Å². The van der Waals surface area contributed by atoms with Crippen LogP contribution in [-0.4, -0.2) is 18.8 Å². The van der Waals surface area contributed by atoms with Crippen LogP contribution in [0.5, 0.6) is 17.2 Å². The van der Waals surface area contributed by atoms with Crippen LogP contribution in [0.25, 0.3) is 0 Å². The van der Waals surface area contributed by atoms with Gasteiger partial charge in [0.05, 0.1) is 11.6 Å². The summed E-state index contributed by atoms with van der Waals surface area (Å²) in [6, 6.07) is 13.8. The number of carbonyl (C=O) groups is 1. The van der Waals surface area contributed by atoms with E-state index >= 15 is 0 Å².